The fraction of sp³-hybridized carbons (Fsp3) is 0.714. The van der Waals surface area contributed by atoms with Crippen LogP contribution >= 0.6 is 0 Å². The summed E-state index contributed by atoms with van der Waals surface area (Å²) in [4.78, 5) is 13.7. The van der Waals surface area contributed by atoms with E-state index in [0.717, 1.165) is 6.21 Å². The number of rotatable bonds is 2. The van der Waals surface area contributed by atoms with Gasteiger partial charge in [0.25, 0.3) is 0 Å². The summed E-state index contributed by atoms with van der Waals surface area (Å²) >= 11 is 0. The molecule has 1 rings (SSSR count). The zero-order valence-electron chi connectivity index (χ0n) is 7.01. The number of carbonyl (C=O) groups is 1. The van der Waals surface area contributed by atoms with Crippen LogP contribution in [0.1, 0.15) is 12.8 Å². The van der Waals surface area contributed by atoms with Gasteiger partial charge in [0.2, 0.25) is 5.78 Å². The summed E-state index contributed by atoms with van der Waals surface area (Å²) in [7, 11) is -3.06. The lowest BCUT2D eigenvalue weighted by Crippen LogP contribution is -2.31. The molecule has 0 aromatic carbocycles. The highest BCUT2D eigenvalue weighted by Gasteiger charge is 2.30. The van der Waals surface area contributed by atoms with Gasteiger partial charge in [0, 0.05) is 5.92 Å². The second-order valence-electron chi connectivity index (χ2n) is 3.10. The average Bonchev–Trinajstić information content (AvgIpc) is 2.03. The Bertz CT molecular complexity index is 354. The Morgan fingerprint density at radius 1 is 1.54 bits per heavy atom. The Morgan fingerprint density at radius 2 is 2.23 bits per heavy atom. The molecule has 1 heterocycles. The maximum atomic E-state index is 11.1. The van der Waals surface area contributed by atoms with Crippen LogP contribution in [0, 0.1) is 5.92 Å². The maximum Gasteiger partial charge on any atom is 0.323 e. The van der Waals surface area contributed by atoms with Crippen molar-refractivity contribution in [1.82, 2.24) is 0 Å². The van der Waals surface area contributed by atoms with E-state index in [0.29, 0.717) is 12.8 Å². The minimum Gasteiger partial charge on any atom is -0.361 e. The minimum atomic E-state index is -3.06. The Morgan fingerprint density at radius 3 is 2.77 bits per heavy atom. The van der Waals surface area contributed by atoms with Crippen LogP contribution in [-0.2, 0) is 14.6 Å². The van der Waals surface area contributed by atoms with Gasteiger partial charge in [-0.3, -0.25) is 4.79 Å². The molecule has 0 bridgehead atoms. The summed E-state index contributed by atoms with van der Waals surface area (Å²) in [6, 6.07) is 0. The minimum absolute atomic E-state index is 0.113. The second-order valence-corrected chi connectivity index (χ2v) is 5.33. The van der Waals surface area contributed by atoms with Crippen LogP contribution in [0.5, 0.6) is 0 Å². The maximum absolute atomic E-state index is 11.1. The summed E-state index contributed by atoms with van der Waals surface area (Å²) < 4.78 is 22.2. The first-order chi connectivity index (χ1) is 6.05. The molecule has 72 valence electrons. The molecule has 1 aliphatic rings. The zero-order chi connectivity index (χ0) is 9.90. The van der Waals surface area contributed by atoms with E-state index >= 15 is 0 Å². The van der Waals surface area contributed by atoms with Gasteiger partial charge in [-0.2, -0.15) is 4.79 Å². The third kappa shape index (κ3) is 2.75. The first-order valence-electron chi connectivity index (χ1n) is 3.97. The van der Waals surface area contributed by atoms with Crippen molar-refractivity contribution in [2.75, 3.05) is 11.5 Å². The number of nitrogens with zero attached hydrogens (tertiary/aromatic N) is 2. The molecule has 0 aliphatic carbocycles. The summed E-state index contributed by atoms with van der Waals surface area (Å²) in [5.41, 5.74) is 8.10. The molecule has 1 saturated heterocycles. The molecule has 1 unspecified atom stereocenters. The van der Waals surface area contributed by atoms with Gasteiger partial charge in [-0.25, -0.2) is 8.42 Å². The van der Waals surface area contributed by atoms with Crippen LogP contribution in [0.3, 0.4) is 0 Å². The Hall–Kier alpha value is -1.00. The highest BCUT2D eigenvalue weighted by Crippen LogP contribution is 2.18. The van der Waals surface area contributed by atoms with Crippen molar-refractivity contribution in [3.05, 3.63) is 5.53 Å². The lowest BCUT2D eigenvalue weighted by atomic mass is 10.0. The van der Waals surface area contributed by atoms with Crippen LogP contribution in [0.25, 0.3) is 5.53 Å². The average molecular weight is 202 g/mol. The van der Waals surface area contributed by atoms with E-state index in [9.17, 15) is 13.2 Å². The number of ketones is 1. The molecule has 5 nitrogen and oxygen atoms in total. The quantitative estimate of drug-likeness (QED) is 0.349. The molecule has 0 aromatic rings. The topological polar surface area (TPSA) is 87.6 Å². The lowest BCUT2D eigenvalue weighted by Gasteiger charge is -2.17. The molecular formula is C7H10N2O3S. The molecule has 0 N–H and O–H groups in total. The van der Waals surface area contributed by atoms with Gasteiger partial charge in [0.05, 0.1) is 11.5 Å². The van der Waals surface area contributed by atoms with E-state index in [1.54, 1.807) is 0 Å². The van der Waals surface area contributed by atoms with E-state index in [4.69, 9.17) is 5.53 Å². The third-order valence-corrected chi connectivity index (χ3v) is 3.87. The number of hydrogen-bond donors (Lipinski definition) is 0. The van der Waals surface area contributed by atoms with Gasteiger partial charge in [-0.05, 0) is 12.8 Å². The molecule has 6 heteroatoms. The van der Waals surface area contributed by atoms with Crippen LogP contribution in [-0.4, -0.2) is 36.7 Å². The molecule has 0 aromatic heterocycles. The van der Waals surface area contributed by atoms with Crippen molar-refractivity contribution in [3.63, 3.8) is 0 Å². The lowest BCUT2D eigenvalue weighted by molar-refractivity contribution is -0.119. The van der Waals surface area contributed by atoms with Gasteiger partial charge < -0.3 is 5.53 Å². The van der Waals surface area contributed by atoms with Crippen LogP contribution in [0.2, 0.25) is 0 Å². The summed E-state index contributed by atoms with van der Waals surface area (Å²) in [6.45, 7) is 0. The van der Waals surface area contributed by atoms with Gasteiger partial charge in [0.15, 0.2) is 9.84 Å². The molecule has 0 amide bonds. The molecule has 1 aliphatic heterocycles. The van der Waals surface area contributed by atoms with Gasteiger partial charge in [-0.15, -0.1) is 0 Å². The third-order valence-electron chi connectivity index (χ3n) is 2.05. The summed E-state index contributed by atoms with van der Waals surface area (Å²) in [5.74, 6) is -0.884. The van der Waals surface area contributed by atoms with E-state index in [2.05, 4.69) is 4.79 Å². The Balaban J connectivity index is 2.73. The highest BCUT2D eigenvalue weighted by molar-refractivity contribution is 7.91. The molecular weight excluding hydrogens is 192 g/mol. The molecule has 13 heavy (non-hydrogen) atoms. The molecule has 1 atom stereocenters. The number of Topliss-reactive ketones (excluding diaryl/α,β-unsaturated/α-hetero) is 1. The van der Waals surface area contributed by atoms with Crippen LogP contribution in [0.15, 0.2) is 0 Å². The molecule has 0 radical (unpaired) electrons. The number of sulfone groups is 1. The zero-order valence-corrected chi connectivity index (χ0v) is 7.83. The van der Waals surface area contributed by atoms with Crippen LogP contribution in [0.4, 0.5) is 0 Å². The normalized spacial score (nSPS) is 26.0. The molecule has 0 spiro atoms. The standard InChI is InChI=1S/C7H10N2O3S/c8-9-4-7(10)6-2-1-3-13(11,12)5-6/h4,6H,1-3,5H2. The van der Waals surface area contributed by atoms with Gasteiger partial charge in [-0.1, -0.05) is 0 Å². The fourth-order valence-electron chi connectivity index (χ4n) is 1.41. The predicted octanol–water partition coefficient (Wildman–Crippen LogP) is -0.319. The van der Waals surface area contributed by atoms with Crippen molar-refractivity contribution < 1.29 is 18.0 Å². The van der Waals surface area contributed by atoms with Crippen molar-refractivity contribution in [2.24, 2.45) is 5.92 Å². The largest absolute Gasteiger partial charge is 0.361 e. The van der Waals surface area contributed by atoms with Crippen molar-refractivity contribution >= 4 is 21.8 Å². The Kier molecular flexibility index (Phi) is 2.95. The van der Waals surface area contributed by atoms with E-state index in [-0.39, 0.29) is 11.5 Å². The number of hydrogen-bond acceptors (Lipinski definition) is 3. The van der Waals surface area contributed by atoms with Gasteiger partial charge >= 0.3 is 6.21 Å². The monoisotopic (exact) mass is 202 g/mol. The van der Waals surface area contributed by atoms with E-state index in [1.165, 1.54) is 0 Å². The summed E-state index contributed by atoms with van der Waals surface area (Å²) in [6.07, 6.45) is 1.84. The van der Waals surface area contributed by atoms with Gasteiger partial charge in [0.1, 0.15) is 0 Å². The first kappa shape index (κ1) is 10.1. The van der Waals surface area contributed by atoms with Crippen molar-refractivity contribution in [2.45, 2.75) is 12.8 Å². The van der Waals surface area contributed by atoms with Crippen LogP contribution < -0.4 is 0 Å². The first-order valence-corrected chi connectivity index (χ1v) is 5.79. The summed E-state index contributed by atoms with van der Waals surface area (Å²) in [5, 5.41) is 0. The van der Waals surface area contributed by atoms with Crippen molar-refractivity contribution in [1.29, 1.82) is 0 Å². The second kappa shape index (κ2) is 3.81. The number of carbonyl (C=O) groups excluding carboxylic acids is 1. The van der Waals surface area contributed by atoms with Crippen molar-refractivity contribution in [3.8, 4) is 0 Å². The van der Waals surface area contributed by atoms with E-state index in [1.807, 2.05) is 0 Å². The predicted molar refractivity (Wildman–Crippen MR) is 46.1 cm³/mol. The Labute approximate surface area is 76.3 Å². The molecule has 1 fully saturated rings. The van der Waals surface area contributed by atoms with E-state index < -0.39 is 21.5 Å². The SMILES string of the molecule is [N-]=[N+]=CC(=O)C1CCCS(=O)(=O)C1. The fourth-order valence-corrected chi connectivity index (χ4v) is 3.13. The smallest absolute Gasteiger partial charge is 0.323 e. The highest BCUT2D eigenvalue weighted by atomic mass is 32.2. The molecule has 0 saturated carbocycles.